The van der Waals surface area contributed by atoms with Gasteiger partial charge in [0.15, 0.2) is 0 Å². The number of nitrogens with one attached hydrogen (secondary N) is 1. The van der Waals surface area contributed by atoms with Crippen LogP contribution in [0.1, 0.15) is 6.92 Å². The van der Waals surface area contributed by atoms with Gasteiger partial charge in [-0.15, -0.1) is 4.13 Å². The Bertz CT molecular complexity index is 490. The van der Waals surface area contributed by atoms with Crippen LogP contribution in [0.2, 0.25) is 0 Å². The van der Waals surface area contributed by atoms with Crippen LogP contribution in [0.15, 0.2) is 12.2 Å². The van der Waals surface area contributed by atoms with E-state index in [4.69, 9.17) is 0 Å². The fourth-order valence-electron chi connectivity index (χ4n) is 0.582. The van der Waals surface area contributed by atoms with E-state index in [1.165, 1.54) is 11.1 Å². The molecule has 0 rings (SSSR count). The molecule has 0 aromatic carbocycles. The highest BCUT2D eigenvalue weighted by molar-refractivity contribution is 8.04. The first-order valence-electron chi connectivity index (χ1n) is 4.24. The van der Waals surface area contributed by atoms with Gasteiger partial charge in [-0.2, -0.15) is 4.89 Å². The molecule has 0 saturated carbocycles. The minimum absolute atomic E-state index is 0.0853. The van der Waals surface area contributed by atoms with Gasteiger partial charge in [0, 0.05) is 5.57 Å². The number of carbonyl (C=O) groups excluding carboxylic acids is 1. The second kappa shape index (κ2) is 6.10. The molecule has 8 nitrogen and oxygen atoms in total. The van der Waals surface area contributed by atoms with Gasteiger partial charge in [-0.1, -0.05) is 6.58 Å². The van der Waals surface area contributed by atoms with E-state index in [-0.39, 0.29) is 5.57 Å². The van der Waals surface area contributed by atoms with Crippen LogP contribution in [0.4, 0.5) is 0 Å². The van der Waals surface area contributed by atoms with Crippen LogP contribution in [0, 0.1) is 0 Å². The van der Waals surface area contributed by atoms with Crippen LogP contribution in [-0.2, 0) is 34.6 Å². The van der Waals surface area contributed by atoms with Gasteiger partial charge in [0.2, 0.25) is 20.0 Å². The first-order valence-corrected chi connectivity index (χ1v) is 7.78. The van der Waals surface area contributed by atoms with Gasteiger partial charge in [0.05, 0.1) is 12.0 Å². The maximum absolute atomic E-state index is 11.1. The lowest BCUT2D eigenvalue weighted by Crippen LogP contribution is -2.33. The van der Waals surface area contributed by atoms with E-state index in [2.05, 4.69) is 16.4 Å². The molecule has 0 aliphatic rings. The summed E-state index contributed by atoms with van der Waals surface area (Å²) >= 11 is 0. The van der Waals surface area contributed by atoms with Crippen molar-refractivity contribution in [1.82, 2.24) is 4.13 Å². The largest absolute Gasteiger partial charge is 0.368 e. The van der Waals surface area contributed by atoms with Crippen LogP contribution < -0.4 is 4.13 Å². The third-order valence-electron chi connectivity index (χ3n) is 1.20. The standard InChI is InChI=1S/C7H13NO7S2/c1-6(2)7(9)15-14-4-5-17(12,13)8-16(3,10)11/h8H,1,4-5H2,2-3H3. The van der Waals surface area contributed by atoms with Crippen LogP contribution in [0.25, 0.3) is 0 Å². The number of rotatable bonds is 7. The summed E-state index contributed by atoms with van der Waals surface area (Å²) in [6, 6.07) is 0. The van der Waals surface area contributed by atoms with Crippen molar-refractivity contribution < 1.29 is 31.4 Å². The van der Waals surface area contributed by atoms with Gasteiger partial charge in [-0.3, -0.25) is 4.89 Å². The zero-order chi connectivity index (χ0) is 13.7. The summed E-state index contributed by atoms with van der Waals surface area (Å²) in [7, 11) is -7.90. The van der Waals surface area contributed by atoms with Crippen molar-refractivity contribution in [1.29, 1.82) is 0 Å². The second-order valence-corrected chi connectivity index (χ2v) is 7.00. The molecule has 0 spiro atoms. The smallest absolute Gasteiger partial charge is 0.293 e. The number of sulfonamides is 2. The molecular weight excluding hydrogens is 274 g/mol. The Morgan fingerprint density at radius 3 is 2.24 bits per heavy atom. The lowest BCUT2D eigenvalue weighted by Gasteiger charge is -2.05. The maximum atomic E-state index is 11.1. The molecule has 1 N–H and O–H groups in total. The van der Waals surface area contributed by atoms with E-state index < -0.39 is 38.4 Å². The van der Waals surface area contributed by atoms with Gasteiger partial charge >= 0.3 is 5.97 Å². The molecule has 100 valence electrons. The number of carbonyl (C=O) groups is 1. The van der Waals surface area contributed by atoms with Gasteiger partial charge in [0.1, 0.15) is 6.61 Å². The topological polar surface area (TPSA) is 116 Å². The predicted molar refractivity (Wildman–Crippen MR) is 58.6 cm³/mol. The van der Waals surface area contributed by atoms with Crippen molar-refractivity contribution in [3.63, 3.8) is 0 Å². The van der Waals surface area contributed by atoms with Crippen LogP contribution >= 0.6 is 0 Å². The molecule has 0 aromatic rings. The summed E-state index contributed by atoms with van der Waals surface area (Å²) in [5.41, 5.74) is 0.0853. The van der Waals surface area contributed by atoms with Crippen molar-refractivity contribution in [2.24, 2.45) is 0 Å². The monoisotopic (exact) mass is 287 g/mol. The lowest BCUT2D eigenvalue weighted by atomic mass is 10.4. The van der Waals surface area contributed by atoms with Gasteiger partial charge < -0.3 is 0 Å². The molecule has 0 unspecified atom stereocenters. The van der Waals surface area contributed by atoms with Crippen LogP contribution in [0.5, 0.6) is 0 Å². The van der Waals surface area contributed by atoms with Crippen molar-refractivity contribution in [2.45, 2.75) is 6.92 Å². The average Bonchev–Trinajstić information content (AvgIpc) is 2.07. The van der Waals surface area contributed by atoms with Crippen molar-refractivity contribution >= 4 is 26.0 Å². The summed E-state index contributed by atoms with van der Waals surface area (Å²) in [4.78, 5) is 19.2. The minimum atomic E-state index is -4.03. The summed E-state index contributed by atoms with van der Waals surface area (Å²) in [5.74, 6) is -1.50. The van der Waals surface area contributed by atoms with Gasteiger partial charge in [-0.05, 0) is 6.92 Å². The van der Waals surface area contributed by atoms with E-state index in [9.17, 15) is 21.6 Å². The molecule has 0 heterocycles. The van der Waals surface area contributed by atoms with Crippen molar-refractivity contribution in [2.75, 3.05) is 18.6 Å². The van der Waals surface area contributed by atoms with E-state index in [0.29, 0.717) is 6.26 Å². The Labute approximate surface area is 99.6 Å². The highest BCUT2D eigenvalue weighted by atomic mass is 32.3. The fourth-order valence-corrected chi connectivity index (χ4v) is 3.05. The van der Waals surface area contributed by atoms with E-state index in [1.54, 1.807) is 0 Å². The Hall–Kier alpha value is -0.970. The molecule has 0 atom stereocenters. The van der Waals surface area contributed by atoms with Crippen molar-refractivity contribution in [3.05, 3.63) is 12.2 Å². The van der Waals surface area contributed by atoms with Crippen LogP contribution in [-0.4, -0.2) is 41.4 Å². The van der Waals surface area contributed by atoms with Crippen molar-refractivity contribution in [3.8, 4) is 0 Å². The average molecular weight is 287 g/mol. The van der Waals surface area contributed by atoms with Crippen LogP contribution in [0.3, 0.4) is 0 Å². The van der Waals surface area contributed by atoms with Gasteiger partial charge in [-0.25, -0.2) is 21.6 Å². The highest BCUT2D eigenvalue weighted by Gasteiger charge is 2.16. The maximum Gasteiger partial charge on any atom is 0.368 e. The molecule has 10 heteroatoms. The molecule has 0 aliphatic carbocycles. The zero-order valence-electron chi connectivity index (χ0n) is 9.30. The molecule has 0 radical (unpaired) electrons. The zero-order valence-corrected chi connectivity index (χ0v) is 10.9. The highest BCUT2D eigenvalue weighted by Crippen LogP contribution is 1.94. The first-order chi connectivity index (χ1) is 7.53. The number of hydrogen-bond donors (Lipinski definition) is 1. The van der Waals surface area contributed by atoms with Gasteiger partial charge in [0.25, 0.3) is 0 Å². The molecule has 0 bridgehead atoms. The second-order valence-electron chi connectivity index (χ2n) is 3.15. The molecule has 0 saturated heterocycles. The third kappa shape index (κ3) is 8.80. The Kier molecular flexibility index (Phi) is 5.75. The summed E-state index contributed by atoms with van der Waals surface area (Å²) < 4.78 is 44.9. The lowest BCUT2D eigenvalue weighted by molar-refractivity contribution is -0.264. The quantitative estimate of drug-likeness (QED) is 0.274. The Morgan fingerprint density at radius 2 is 1.82 bits per heavy atom. The molecule has 0 aliphatic heterocycles. The van der Waals surface area contributed by atoms with E-state index >= 15 is 0 Å². The van der Waals surface area contributed by atoms with E-state index in [0.717, 1.165) is 0 Å². The summed E-state index contributed by atoms with van der Waals surface area (Å²) in [6.45, 7) is 4.15. The summed E-state index contributed by atoms with van der Waals surface area (Å²) in [6.07, 6.45) is 0.701. The normalized spacial score (nSPS) is 12.1. The number of hydrogen-bond acceptors (Lipinski definition) is 7. The molecule has 0 amide bonds. The predicted octanol–water partition coefficient (Wildman–Crippen LogP) is -1.08. The molecular formula is C7H13NO7S2. The third-order valence-corrected chi connectivity index (χ3v) is 4.13. The van der Waals surface area contributed by atoms with E-state index in [1.807, 2.05) is 0 Å². The molecule has 17 heavy (non-hydrogen) atoms. The first kappa shape index (κ1) is 16.0. The SMILES string of the molecule is C=C(C)C(=O)OOCCS(=O)(=O)NS(C)(=O)=O. The Morgan fingerprint density at radius 1 is 1.29 bits per heavy atom. The fraction of sp³-hybridized carbons (Fsp3) is 0.571. The summed E-state index contributed by atoms with van der Waals surface area (Å²) in [5, 5.41) is 0. The Balaban J connectivity index is 4.06. The minimum Gasteiger partial charge on any atom is -0.293 e. The molecule has 0 fully saturated rings. The molecule has 0 aromatic heterocycles.